The number of rotatable bonds is 3. The van der Waals surface area contributed by atoms with Gasteiger partial charge in [0.25, 0.3) is 0 Å². The van der Waals surface area contributed by atoms with Crippen molar-refractivity contribution >= 4 is 12.2 Å². The summed E-state index contributed by atoms with van der Waals surface area (Å²) in [5.74, 6) is 0.149. The molecule has 2 aromatic carbocycles. The lowest BCUT2D eigenvalue weighted by Gasteiger charge is -2.45. The molecule has 0 unspecified atom stereocenters. The lowest BCUT2D eigenvalue weighted by Crippen LogP contribution is -2.53. The molecule has 2 saturated heterocycles. The molecule has 1 aliphatic carbocycles. The number of benzene rings is 2. The average molecular weight is 507 g/mol. The maximum atomic E-state index is 13.0. The Morgan fingerprint density at radius 3 is 1.92 bits per heavy atom. The van der Waals surface area contributed by atoms with E-state index in [0.717, 1.165) is 12.8 Å². The van der Waals surface area contributed by atoms with Crippen LogP contribution in [0.5, 0.6) is 0 Å². The van der Waals surface area contributed by atoms with Crippen molar-refractivity contribution in [1.82, 2.24) is 9.80 Å². The summed E-state index contributed by atoms with van der Waals surface area (Å²) in [6, 6.07) is 16.7. The monoisotopic (exact) mass is 506 g/mol. The van der Waals surface area contributed by atoms with E-state index in [2.05, 4.69) is 24.3 Å². The third-order valence-electron chi connectivity index (χ3n) is 8.13. The molecule has 5 rings (SSSR count). The Balaban J connectivity index is 1.12. The van der Waals surface area contributed by atoms with Crippen LogP contribution in [-0.2, 0) is 9.47 Å². The number of amides is 2. The van der Waals surface area contributed by atoms with E-state index >= 15 is 0 Å². The summed E-state index contributed by atoms with van der Waals surface area (Å²) in [5, 5.41) is 11.4. The van der Waals surface area contributed by atoms with E-state index in [1.807, 2.05) is 45.0 Å². The zero-order valence-corrected chi connectivity index (χ0v) is 22.1. The smallest absolute Gasteiger partial charge is 0.410 e. The van der Waals surface area contributed by atoms with E-state index in [1.54, 1.807) is 9.80 Å². The molecule has 198 valence electrons. The minimum absolute atomic E-state index is 0.0461. The van der Waals surface area contributed by atoms with E-state index in [-0.39, 0.29) is 24.0 Å². The molecule has 37 heavy (non-hydrogen) atoms. The Morgan fingerprint density at radius 2 is 1.38 bits per heavy atom. The van der Waals surface area contributed by atoms with Crippen LogP contribution in [0.3, 0.4) is 0 Å². The van der Waals surface area contributed by atoms with E-state index in [1.165, 1.54) is 22.3 Å². The van der Waals surface area contributed by atoms with Crippen molar-refractivity contribution in [3.8, 4) is 11.1 Å². The van der Waals surface area contributed by atoms with Crippen molar-refractivity contribution in [2.75, 3.05) is 32.8 Å². The number of hydrogen-bond acceptors (Lipinski definition) is 5. The normalized spacial score (nSPS) is 19.8. The van der Waals surface area contributed by atoms with Gasteiger partial charge >= 0.3 is 12.2 Å². The van der Waals surface area contributed by atoms with Crippen LogP contribution in [0.25, 0.3) is 11.1 Å². The number of likely N-dealkylation sites (tertiary alicyclic amines) is 2. The summed E-state index contributed by atoms with van der Waals surface area (Å²) < 4.78 is 11.3. The molecule has 2 heterocycles. The minimum Gasteiger partial charge on any atom is -0.448 e. The highest BCUT2D eigenvalue weighted by molar-refractivity contribution is 5.79. The lowest BCUT2D eigenvalue weighted by atomic mass is 9.75. The van der Waals surface area contributed by atoms with Crippen molar-refractivity contribution in [2.45, 2.75) is 63.6 Å². The fourth-order valence-electron chi connectivity index (χ4n) is 6.10. The summed E-state index contributed by atoms with van der Waals surface area (Å²) in [5.41, 5.74) is 3.49. The van der Waals surface area contributed by atoms with Gasteiger partial charge in [0.15, 0.2) is 0 Å². The summed E-state index contributed by atoms with van der Waals surface area (Å²) in [6.45, 7) is 7.99. The Morgan fingerprint density at radius 1 is 0.865 bits per heavy atom. The lowest BCUT2D eigenvalue weighted by molar-refractivity contribution is -0.0834. The highest BCUT2D eigenvalue weighted by Gasteiger charge is 2.43. The first-order valence-corrected chi connectivity index (χ1v) is 13.4. The molecule has 0 spiro atoms. The van der Waals surface area contributed by atoms with Gasteiger partial charge in [0.2, 0.25) is 0 Å². The van der Waals surface area contributed by atoms with Crippen LogP contribution in [0, 0.1) is 5.92 Å². The van der Waals surface area contributed by atoms with Gasteiger partial charge in [-0.05, 0) is 74.6 Å². The second-order valence-electron chi connectivity index (χ2n) is 11.6. The third kappa shape index (κ3) is 5.33. The third-order valence-corrected chi connectivity index (χ3v) is 8.13. The zero-order chi connectivity index (χ0) is 26.2. The highest BCUT2D eigenvalue weighted by atomic mass is 16.6. The quantitative estimate of drug-likeness (QED) is 0.602. The van der Waals surface area contributed by atoms with Crippen LogP contribution >= 0.6 is 0 Å². The zero-order valence-electron chi connectivity index (χ0n) is 22.1. The molecule has 7 heteroatoms. The molecule has 0 atom stereocenters. The maximum absolute atomic E-state index is 13.0. The molecule has 2 aliphatic heterocycles. The fraction of sp³-hybridized carbons (Fsp3) is 0.533. The van der Waals surface area contributed by atoms with Gasteiger partial charge in [-0.15, -0.1) is 0 Å². The molecule has 0 radical (unpaired) electrons. The predicted molar refractivity (Wildman–Crippen MR) is 141 cm³/mol. The van der Waals surface area contributed by atoms with Crippen LogP contribution in [0.4, 0.5) is 9.59 Å². The number of hydrogen-bond donors (Lipinski definition) is 1. The second-order valence-corrected chi connectivity index (χ2v) is 11.6. The Bertz CT molecular complexity index is 1100. The molecule has 3 aliphatic rings. The fourth-order valence-corrected chi connectivity index (χ4v) is 6.10. The van der Waals surface area contributed by atoms with Gasteiger partial charge in [-0.3, -0.25) is 0 Å². The first-order chi connectivity index (χ1) is 17.6. The first kappa shape index (κ1) is 25.6. The van der Waals surface area contributed by atoms with Gasteiger partial charge in [-0.1, -0.05) is 48.5 Å². The summed E-state index contributed by atoms with van der Waals surface area (Å²) in [7, 11) is 0. The highest BCUT2D eigenvalue weighted by Crippen LogP contribution is 2.44. The van der Waals surface area contributed by atoms with Crippen LogP contribution in [0.2, 0.25) is 0 Å². The summed E-state index contributed by atoms with van der Waals surface area (Å²) in [6.07, 6.45) is 1.91. The van der Waals surface area contributed by atoms with Gasteiger partial charge in [0, 0.05) is 32.1 Å². The Labute approximate surface area is 219 Å². The summed E-state index contributed by atoms with van der Waals surface area (Å²) in [4.78, 5) is 28.8. The SMILES string of the molecule is CC(C)(C)OC(=O)N1CCC(O)(C2CCN(C(=O)OCC3c4ccccc4-c4ccccc43)CC2)CC1. The second kappa shape index (κ2) is 10.0. The first-order valence-electron chi connectivity index (χ1n) is 13.4. The average Bonchev–Trinajstić information content (AvgIpc) is 3.20. The number of piperidine rings is 2. The van der Waals surface area contributed by atoms with E-state index in [9.17, 15) is 14.7 Å². The Kier molecular flexibility index (Phi) is 6.92. The van der Waals surface area contributed by atoms with Gasteiger partial charge < -0.3 is 24.4 Å². The molecule has 0 aromatic heterocycles. The van der Waals surface area contributed by atoms with E-state index in [4.69, 9.17) is 9.47 Å². The van der Waals surface area contributed by atoms with Crippen molar-refractivity contribution in [2.24, 2.45) is 5.92 Å². The molecule has 1 N–H and O–H groups in total. The van der Waals surface area contributed by atoms with Gasteiger partial charge in [0.05, 0.1) is 5.60 Å². The number of aliphatic hydroxyl groups is 1. The van der Waals surface area contributed by atoms with Crippen molar-refractivity contribution in [3.63, 3.8) is 0 Å². The van der Waals surface area contributed by atoms with Gasteiger partial charge in [-0.2, -0.15) is 0 Å². The number of ether oxygens (including phenoxy) is 2. The topological polar surface area (TPSA) is 79.3 Å². The van der Waals surface area contributed by atoms with E-state index in [0.29, 0.717) is 45.6 Å². The van der Waals surface area contributed by atoms with Crippen LogP contribution in [0.15, 0.2) is 48.5 Å². The molecule has 0 saturated carbocycles. The largest absolute Gasteiger partial charge is 0.448 e. The van der Waals surface area contributed by atoms with Crippen LogP contribution in [-0.4, -0.2) is 71.1 Å². The number of fused-ring (bicyclic) bond motifs is 3. The van der Waals surface area contributed by atoms with Crippen LogP contribution in [0.1, 0.15) is 63.5 Å². The predicted octanol–water partition coefficient (Wildman–Crippen LogP) is 5.41. The number of carbonyl (C=O) groups excluding carboxylic acids is 2. The van der Waals surface area contributed by atoms with Crippen molar-refractivity contribution in [3.05, 3.63) is 59.7 Å². The van der Waals surface area contributed by atoms with Crippen LogP contribution < -0.4 is 0 Å². The van der Waals surface area contributed by atoms with Gasteiger partial charge in [0.1, 0.15) is 12.2 Å². The number of nitrogens with zero attached hydrogens (tertiary/aromatic N) is 2. The molecular weight excluding hydrogens is 468 g/mol. The number of carbonyl (C=O) groups is 2. The molecule has 2 fully saturated rings. The van der Waals surface area contributed by atoms with Crippen molar-refractivity contribution in [1.29, 1.82) is 0 Å². The standard InChI is InChI=1S/C30H38N2O5/c1-29(2,3)37-28(34)32-18-14-30(35,15-19-32)21-12-16-31(17-13-21)27(33)36-20-26-24-10-6-4-8-22(24)23-9-5-7-11-25(23)26/h4-11,21,26,35H,12-20H2,1-3H3. The molecule has 7 nitrogen and oxygen atoms in total. The van der Waals surface area contributed by atoms with Crippen molar-refractivity contribution < 1.29 is 24.2 Å². The van der Waals surface area contributed by atoms with E-state index < -0.39 is 11.2 Å². The van der Waals surface area contributed by atoms with Gasteiger partial charge in [-0.25, -0.2) is 9.59 Å². The molecular formula is C30H38N2O5. The summed E-state index contributed by atoms with van der Waals surface area (Å²) >= 11 is 0. The maximum Gasteiger partial charge on any atom is 0.410 e. The molecule has 0 bridgehead atoms. The Hall–Kier alpha value is -3.06. The molecule has 2 aromatic rings. The minimum atomic E-state index is -0.814. The molecule has 2 amide bonds.